The molecule has 6 nitrogen and oxygen atoms in total. The zero-order chi connectivity index (χ0) is 15.5. The summed E-state index contributed by atoms with van der Waals surface area (Å²) in [4.78, 5) is 25.8. The quantitative estimate of drug-likeness (QED) is 0.827. The number of para-hydroxylation sites is 1. The van der Waals surface area contributed by atoms with Gasteiger partial charge in [-0.05, 0) is 18.6 Å². The molecule has 118 valence electrons. The van der Waals surface area contributed by atoms with Gasteiger partial charge in [0.1, 0.15) is 18.0 Å². The summed E-state index contributed by atoms with van der Waals surface area (Å²) in [6, 6.07) is 5.50. The van der Waals surface area contributed by atoms with Crippen LogP contribution in [0.15, 0.2) is 24.3 Å². The summed E-state index contributed by atoms with van der Waals surface area (Å²) in [6.45, 7) is 2.00. The molecule has 2 atom stereocenters. The highest BCUT2D eigenvalue weighted by Gasteiger charge is 2.36. The third kappa shape index (κ3) is 2.95. The number of nitrogens with one attached hydrogen (secondary N) is 2. The molecule has 2 N–H and O–H groups in total. The normalized spacial score (nSPS) is 25.3. The number of amides is 2. The maximum atomic E-state index is 13.8. The summed E-state index contributed by atoms with van der Waals surface area (Å²) >= 11 is 0. The van der Waals surface area contributed by atoms with Crippen molar-refractivity contribution in [3.63, 3.8) is 0 Å². The Morgan fingerprint density at radius 2 is 2.23 bits per heavy atom. The summed E-state index contributed by atoms with van der Waals surface area (Å²) in [5.74, 6) is -1.04. The van der Waals surface area contributed by atoms with E-state index in [9.17, 15) is 14.0 Å². The Kier molecular flexibility index (Phi) is 4.35. The first-order valence-electron chi connectivity index (χ1n) is 7.35. The van der Waals surface area contributed by atoms with Gasteiger partial charge in [-0.1, -0.05) is 12.1 Å². The molecule has 0 bridgehead atoms. The number of nitrogens with zero attached hydrogens (tertiary/aromatic N) is 1. The predicted octanol–water partition coefficient (Wildman–Crippen LogP) is 0.0356. The Hall–Kier alpha value is -1.99. The average molecular weight is 307 g/mol. The fourth-order valence-electron chi connectivity index (χ4n) is 2.72. The van der Waals surface area contributed by atoms with Crippen LogP contribution in [0.4, 0.5) is 10.1 Å². The minimum Gasteiger partial charge on any atom is -0.366 e. The Balaban J connectivity index is 1.64. The summed E-state index contributed by atoms with van der Waals surface area (Å²) < 4.78 is 19.1. The van der Waals surface area contributed by atoms with Crippen LogP contribution in [0, 0.1) is 5.82 Å². The van der Waals surface area contributed by atoms with E-state index >= 15 is 0 Å². The molecule has 3 rings (SSSR count). The second-order valence-corrected chi connectivity index (χ2v) is 5.35. The van der Waals surface area contributed by atoms with Gasteiger partial charge in [-0.15, -0.1) is 0 Å². The molecule has 2 aliphatic rings. The van der Waals surface area contributed by atoms with Crippen molar-refractivity contribution in [1.82, 2.24) is 10.6 Å². The molecule has 1 aromatic carbocycles. The van der Waals surface area contributed by atoms with Crippen LogP contribution in [0.2, 0.25) is 0 Å². The van der Waals surface area contributed by atoms with Crippen LogP contribution >= 0.6 is 0 Å². The number of anilines is 1. The van der Waals surface area contributed by atoms with E-state index in [1.54, 1.807) is 18.2 Å². The number of carbonyl (C=O) groups excluding carboxylic acids is 2. The minimum absolute atomic E-state index is 0.250. The highest BCUT2D eigenvalue weighted by Crippen LogP contribution is 2.24. The third-order valence-electron chi connectivity index (χ3n) is 3.89. The van der Waals surface area contributed by atoms with Crippen molar-refractivity contribution < 1.29 is 18.7 Å². The lowest BCUT2D eigenvalue weighted by atomic mass is 10.2. The molecule has 0 spiro atoms. The Morgan fingerprint density at radius 3 is 2.95 bits per heavy atom. The van der Waals surface area contributed by atoms with E-state index < -0.39 is 18.0 Å². The van der Waals surface area contributed by atoms with Gasteiger partial charge in [-0.2, -0.15) is 0 Å². The summed E-state index contributed by atoms with van der Waals surface area (Å²) in [5, 5.41) is 5.76. The van der Waals surface area contributed by atoms with E-state index in [-0.39, 0.29) is 17.5 Å². The molecule has 2 saturated heterocycles. The SMILES string of the molecule is O=C(N[C@H]1CCN(c2ccccc2F)C1=O)[C@H]1CNCCO1. The fourth-order valence-corrected chi connectivity index (χ4v) is 2.72. The number of ether oxygens (including phenoxy) is 1. The Labute approximate surface area is 127 Å². The number of hydrogen-bond donors (Lipinski definition) is 2. The smallest absolute Gasteiger partial charge is 0.251 e. The number of carbonyl (C=O) groups is 2. The van der Waals surface area contributed by atoms with Gasteiger partial charge in [0.2, 0.25) is 5.91 Å². The van der Waals surface area contributed by atoms with Crippen LogP contribution < -0.4 is 15.5 Å². The number of morpholine rings is 1. The van der Waals surface area contributed by atoms with Crippen molar-refractivity contribution in [3.8, 4) is 0 Å². The molecule has 2 fully saturated rings. The van der Waals surface area contributed by atoms with Gasteiger partial charge in [0.05, 0.1) is 12.3 Å². The Morgan fingerprint density at radius 1 is 1.41 bits per heavy atom. The largest absolute Gasteiger partial charge is 0.366 e. The second kappa shape index (κ2) is 6.41. The fraction of sp³-hybridized carbons (Fsp3) is 0.467. The zero-order valence-corrected chi connectivity index (χ0v) is 12.0. The van der Waals surface area contributed by atoms with Crippen LogP contribution in [-0.4, -0.2) is 50.2 Å². The molecule has 0 aromatic heterocycles. The minimum atomic E-state index is -0.627. The van der Waals surface area contributed by atoms with E-state index in [1.165, 1.54) is 11.0 Å². The molecule has 2 heterocycles. The summed E-state index contributed by atoms with van der Waals surface area (Å²) in [6.07, 6.45) is -0.122. The van der Waals surface area contributed by atoms with Crippen LogP contribution in [-0.2, 0) is 14.3 Å². The predicted molar refractivity (Wildman–Crippen MR) is 77.9 cm³/mol. The first-order valence-corrected chi connectivity index (χ1v) is 7.35. The molecule has 0 saturated carbocycles. The van der Waals surface area contributed by atoms with Gasteiger partial charge in [0.15, 0.2) is 0 Å². The zero-order valence-electron chi connectivity index (χ0n) is 12.0. The first-order chi connectivity index (χ1) is 10.7. The highest BCUT2D eigenvalue weighted by molar-refractivity contribution is 6.01. The van der Waals surface area contributed by atoms with E-state index in [1.807, 2.05) is 0 Å². The topological polar surface area (TPSA) is 70.7 Å². The average Bonchev–Trinajstić information content (AvgIpc) is 2.90. The van der Waals surface area contributed by atoms with Gasteiger partial charge in [-0.25, -0.2) is 4.39 Å². The van der Waals surface area contributed by atoms with Gasteiger partial charge in [-0.3, -0.25) is 9.59 Å². The van der Waals surface area contributed by atoms with Crippen molar-refractivity contribution in [1.29, 1.82) is 0 Å². The molecular formula is C15H18FN3O3. The number of rotatable bonds is 3. The van der Waals surface area contributed by atoms with Crippen molar-refractivity contribution in [3.05, 3.63) is 30.1 Å². The van der Waals surface area contributed by atoms with Crippen molar-refractivity contribution in [2.45, 2.75) is 18.6 Å². The van der Waals surface area contributed by atoms with E-state index in [0.717, 1.165) is 0 Å². The highest BCUT2D eigenvalue weighted by atomic mass is 19.1. The maximum absolute atomic E-state index is 13.8. The monoisotopic (exact) mass is 307 g/mol. The number of halogens is 1. The van der Waals surface area contributed by atoms with E-state index in [2.05, 4.69) is 10.6 Å². The molecule has 0 aliphatic carbocycles. The number of hydrogen-bond acceptors (Lipinski definition) is 4. The van der Waals surface area contributed by atoms with E-state index in [0.29, 0.717) is 32.7 Å². The molecule has 7 heteroatoms. The summed E-state index contributed by atoms with van der Waals surface area (Å²) in [5.41, 5.74) is 0.250. The summed E-state index contributed by atoms with van der Waals surface area (Å²) in [7, 11) is 0. The standard InChI is InChI=1S/C15H18FN3O3/c16-10-3-1-2-4-12(10)19-7-5-11(15(19)21)18-14(20)13-9-17-6-8-22-13/h1-4,11,13,17H,5-9H2,(H,18,20)/t11-,13+/m0/s1. The lowest BCUT2D eigenvalue weighted by Crippen LogP contribution is -2.51. The Bertz CT molecular complexity index is 575. The van der Waals surface area contributed by atoms with Crippen LogP contribution in [0.3, 0.4) is 0 Å². The molecule has 2 aliphatic heterocycles. The van der Waals surface area contributed by atoms with Crippen molar-refractivity contribution >= 4 is 17.5 Å². The van der Waals surface area contributed by atoms with Crippen molar-refractivity contribution in [2.24, 2.45) is 0 Å². The van der Waals surface area contributed by atoms with Crippen LogP contribution in [0.1, 0.15) is 6.42 Å². The van der Waals surface area contributed by atoms with E-state index in [4.69, 9.17) is 4.74 Å². The van der Waals surface area contributed by atoms with Crippen molar-refractivity contribution in [2.75, 3.05) is 31.1 Å². The molecule has 0 unspecified atom stereocenters. The van der Waals surface area contributed by atoms with Crippen LogP contribution in [0.25, 0.3) is 0 Å². The van der Waals surface area contributed by atoms with Gasteiger partial charge in [0, 0.05) is 19.6 Å². The molecule has 22 heavy (non-hydrogen) atoms. The molecule has 0 radical (unpaired) electrons. The van der Waals surface area contributed by atoms with Gasteiger partial charge in [0.25, 0.3) is 5.91 Å². The lowest BCUT2D eigenvalue weighted by Gasteiger charge is -2.24. The number of benzene rings is 1. The molecule has 1 aromatic rings. The molecule has 2 amide bonds. The second-order valence-electron chi connectivity index (χ2n) is 5.35. The maximum Gasteiger partial charge on any atom is 0.251 e. The van der Waals surface area contributed by atoms with Gasteiger partial charge >= 0.3 is 0 Å². The van der Waals surface area contributed by atoms with Crippen LogP contribution in [0.5, 0.6) is 0 Å². The van der Waals surface area contributed by atoms with Gasteiger partial charge < -0.3 is 20.3 Å². The molecular weight excluding hydrogens is 289 g/mol. The lowest BCUT2D eigenvalue weighted by molar-refractivity contribution is -0.136. The third-order valence-corrected chi connectivity index (χ3v) is 3.89. The first kappa shape index (κ1) is 14.9.